The molecule has 0 fully saturated rings. The molecule has 0 unspecified atom stereocenters. The Morgan fingerprint density at radius 3 is 1.59 bits per heavy atom. The highest BCUT2D eigenvalue weighted by Gasteiger charge is 2.08. The van der Waals surface area contributed by atoms with E-state index in [1.807, 2.05) is 75.4 Å². The number of rotatable bonds is 6. The molecule has 0 spiro atoms. The van der Waals surface area contributed by atoms with Gasteiger partial charge in [0.05, 0.1) is 14.2 Å². The first-order valence-corrected chi connectivity index (χ1v) is 8.74. The minimum atomic E-state index is 0.697. The standard InChI is InChI=1S/C23H24O4/c1-15-8-19(24-4)12-21(10-15)26-18-7-6-17(3)23(14-18)27-22-11-16(2)9-20(13-22)25-5/h6-14H,1-5H3. The Morgan fingerprint density at radius 1 is 0.519 bits per heavy atom. The van der Waals surface area contributed by atoms with Crippen molar-refractivity contribution < 1.29 is 18.9 Å². The highest BCUT2D eigenvalue weighted by Crippen LogP contribution is 2.34. The summed E-state index contributed by atoms with van der Waals surface area (Å²) in [6.45, 7) is 6.01. The van der Waals surface area contributed by atoms with Gasteiger partial charge in [0.25, 0.3) is 0 Å². The van der Waals surface area contributed by atoms with Crippen LogP contribution in [0, 0.1) is 20.8 Å². The van der Waals surface area contributed by atoms with E-state index in [9.17, 15) is 0 Å². The van der Waals surface area contributed by atoms with Crippen LogP contribution >= 0.6 is 0 Å². The quantitative estimate of drug-likeness (QED) is 0.521. The van der Waals surface area contributed by atoms with Gasteiger partial charge in [-0.1, -0.05) is 6.07 Å². The third kappa shape index (κ3) is 4.73. The zero-order valence-electron chi connectivity index (χ0n) is 16.3. The molecule has 0 aromatic heterocycles. The molecule has 3 rings (SSSR count). The minimum Gasteiger partial charge on any atom is -0.497 e. The summed E-state index contributed by atoms with van der Waals surface area (Å²) < 4.78 is 22.7. The summed E-state index contributed by atoms with van der Waals surface area (Å²) >= 11 is 0. The molecule has 3 aromatic rings. The molecule has 0 saturated carbocycles. The monoisotopic (exact) mass is 364 g/mol. The molecule has 0 saturated heterocycles. The van der Waals surface area contributed by atoms with Crippen molar-refractivity contribution in [3.05, 3.63) is 71.3 Å². The van der Waals surface area contributed by atoms with E-state index in [1.165, 1.54) is 0 Å². The van der Waals surface area contributed by atoms with Crippen LogP contribution in [0.15, 0.2) is 54.6 Å². The molecule has 0 heterocycles. The number of hydrogen-bond donors (Lipinski definition) is 0. The van der Waals surface area contributed by atoms with Crippen molar-refractivity contribution in [1.29, 1.82) is 0 Å². The van der Waals surface area contributed by atoms with Crippen molar-refractivity contribution in [1.82, 2.24) is 0 Å². The predicted octanol–water partition coefficient (Wildman–Crippen LogP) is 6.21. The van der Waals surface area contributed by atoms with Crippen LogP contribution in [0.1, 0.15) is 16.7 Å². The smallest absolute Gasteiger partial charge is 0.134 e. The molecule has 0 aliphatic carbocycles. The molecule has 0 aliphatic rings. The Hall–Kier alpha value is -3.14. The number of aryl methyl sites for hydroxylation is 3. The third-order valence-corrected chi connectivity index (χ3v) is 4.14. The van der Waals surface area contributed by atoms with Crippen LogP contribution < -0.4 is 18.9 Å². The van der Waals surface area contributed by atoms with E-state index >= 15 is 0 Å². The molecule has 0 aliphatic heterocycles. The Bertz CT molecular complexity index is 947. The predicted molar refractivity (Wildman–Crippen MR) is 107 cm³/mol. The largest absolute Gasteiger partial charge is 0.497 e. The van der Waals surface area contributed by atoms with Gasteiger partial charge in [0.1, 0.15) is 34.5 Å². The summed E-state index contributed by atoms with van der Waals surface area (Å²) in [6, 6.07) is 17.4. The minimum absolute atomic E-state index is 0.697. The van der Waals surface area contributed by atoms with E-state index in [0.717, 1.165) is 45.4 Å². The highest BCUT2D eigenvalue weighted by atomic mass is 16.5. The van der Waals surface area contributed by atoms with Crippen molar-refractivity contribution in [2.24, 2.45) is 0 Å². The lowest BCUT2D eigenvalue weighted by molar-refractivity contribution is 0.406. The Kier molecular flexibility index (Phi) is 5.55. The van der Waals surface area contributed by atoms with Gasteiger partial charge >= 0.3 is 0 Å². The topological polar surface area (TPSA) is 36.9 Å². The van der Waals surface area contributed by atoms with Crippen LogP contribution in [-0.4, -0.2) is 14.2 Å². The average molecular weight is 364 g/mol. The molecule has 0 radical (unpaired) electrons. The van der Waals surface area contributed by atoms with Gasteiger partial charge in [-0.3, -0.25) is 0 Å². The Labute approximate surface area is 160 Å². The average Bonchev–Trinajstić information content (AvgIpc) is 2.63. The van der Waals surface area contributed by atoms with Crippen LogP contribution in [0.5, 0.6) is 34.5 Å². The fourth-order valence-corrected chi connectivity index (χ4v) is 2.80. The molecule has 0 amide bonds. The van der Waals surface area contributed by atoms with Gasteiger partial charge in [-0.15, -0.1) is 0 Å². The molecular formula is C23H24O4. The maximum absolute atomic E-state index is 6.09. The van der Waals surface area contributed by atoms with Crippen LogP contribution in [0.3, 0.4) is 0 Å². The van der Waals surface area contributed by atoms with Gasteiger partial charge in [-0.2, -0.15) is 0 Å². The fourth-order valence-electron chi connectivity index (χ4n) is 2.80. The van der Waals surface area contributed by atoms with Crippen LogP contribution in [0.2, 0.25) is 0 Å². The normalized spacial score (nSPS) is 10.4. The first-order chi connectivity index (χ1) is 13.0. The molecule has 27 heavy (non-hydrogen) atoms. The van der Waals surface area contributed by atoms with Crippen LogP contribution in [0.4, 0.5) is 0 Å². The molecule has 0 atom stereocenters. The Balaban J connectivity index is 1.86. The zero-order chi connectivity index (χ0) is 19.4. The van der Waals surface area contributed by atoms with Crippen LogP contribution in [-0.2, 0) is 0 Å². The van der Waals surface area contributed by atoms with E-state index < -0.39 is 0 Å². The molecule has 0 bridgehead atoms. The summed E-state index contributed by atoms with van der Waals surface area (Å²) in [4.78, 5) is 0. The first-order valence-electron chi connectivity index (χ1n) is 8.74. The summed E-state index contributed by atoms with van der Waals surface area (Å²) in [7, 11) is 3.29. The fraction of sp³-hybridized carbons (Fsp3) is 0.217. The van der Waals surface area contributed by atoms with E-state index in [0.29, 0.717) is 5.75 Å². The molecule has 140 valence electrons. The second-order valence-corrected chi connectivity index (χ2v) is 6.50. The zero-order valence-corrected chi connectivity index (χ0v) is 16.3. The number of hydrogen-bond acceptors (Lipinski definition) is 4. The lowest BCUT2D eigenvalue weighted by Crippen LogP contribution is -1.92. The summed E-state index contributed by atoms with van der Waals surface area (Å²) in [5, 5.41) is 0. The molecule has 4 heteroatoms. The van der Waals surface area contributed by atoms with Crippen molar-refractivity contribution in [3.8, 4) is 34.5 Å². The van der Waals surface area contributed by atoms with Gasteiger partial charge in [-0.25, -0.2) is 0 Å². The van der Waals surface area contributed by atoms with E-state index in [1.54, 1.807) is 14.2 Å². The second kappa shape index (κ2) is 8.04. The van der Waals surface area contributed by atoms with Gasteiger partial charge in [0.2, 0.25) is 0 Å². The highest BCUT2D eigenvalue weighted by molar-refractivity contribution is 5.47. The van der Waals surface area contributed by atoms with E-state index in [-0.39, 0.29) is 0 Å². The van der Waals surface area contributed by atoms with Gasteiger partial charge < -0.3 is 18.9 Å². The van der Waals surface area contributed by atoms with Gasteiger partial charge in [0.15, 0.2) is 0 Å². The second-order valence-electron chi connectivity index (χ2n) is 6.50. The van der Waals surface area contributed by atoms with Gasteiger partial charge in [0, 0.05) is 18.2 Å². The molecule has 3 aromatic carbocycles. The summed E-state index contributed by atoms with van der Waals surface area (Å²) in [6.07, 6.45) is 0. The summed E-state index contributed by atoms with van der Waals surface area (Å²) in [5.74, 6) is 4.41. The maximum Gasteiger partial charge on any atom is 0.134 e. The van der Waals surface area contributed by atoms with Crippen molar-refractivity contribution >= 4 is 0 Å². The van der Waals surface area contributed by atoms with E-state index in [4.69, 9.17) is 18.9 Å². The number of methoxy groups -OCH3 is 2. The molecule has 4 nitrogen and oxygen atoms in total. The number of ether oxygens (including phenoxy) is 4. The van der Waals surface area contributed by atoms with Crippen molar-refractivity contribution in [2.75, 3.05) is 14.2 Å². The van der Waals surface area contributed by atoms with Crippen molar-refractivity contribution in [2.45, 2.75) is 20.8 Å². The van der Waals surface area contributed by atoms with Crippen molar-refractivity contribution in [3.63, 3.8) is 0 Å². The lowest BCUT2D eigenvalue weighted by Gasteiger charge is -2.13. The van der Waals surface area contributed by atoms with E-state index in [2.05, 4.69) is 0 Å². The Morgan fingerprint density at radius 2 is 1.04 bits per heavy atom. The lowest BCUT2D eigenvalue weighted by atomic mass is 10.2. The summed E-state index contributed by atoms with van der Waals surface area (Å²) in [5.41, 5.74) is 3.16. The first kappa shape index (κ1) is 18.6. The third-order valence-electron chi connectivity index (χ3n) is 4.14. The van der Waals surface area contributed by atoms with Gasteiger partial charge in [-0.05, 0) is 67.8 Å². The number of benzene rings is 3. The SMILES string of the molecule is COc1cc(C)cc(Oc2ccc(C)c(Oc3cc(C)cc(OC)c3)c2)c1. The molecular weight excluding hydrogens is 340 g/mol. The maximum atomic E-state index is 6.09. The molecule has 0 N–H and O–H groups in total. The van der Waals surface area contributed by atoms with Crippen LogP contribution in [0.25, 0.3) is 0 Å².